The van der Waals surface area contributed by atoms with Crippen LogP contribution in [0.3, 0.4) is 0 Å². The van der Waals surface area contributed by atoms with E-state index in [1.54, 1.807) is 4.90 Å². The number of nitrogens with zero attached hydrogens (tertiary/aromatic N) is 1. The number of carbonyl (C=O) groups excluding carboxylic acids is 1. The van der Waals surface area contributed by atoms with Gasteiger partial charge in [0.25, 0.3) is 0 Å². The summed E-state index contributed by atoms with van der Waals surface area (Å²) >= 11 is 0. The number of hydrogen-bond donors (Lipinski definition) is 2. The first-order valence-corrected chi connectivity index (χ1v) is 6.16. The summed E-state index contributed by atoms with van der Waals surface area (Å²) in [6.45, 7) is 9.93. The predicted molar refractivity (Wildman–Crippen MR) is 74.6 cm³/mol. The van der Waals surface area contributed by atoms with Crippen LogP contribution in [0.1, 0.15) is 23.1 Å². The molecule has 1 fully saturated rings. The highest BCUT2D eigenvalue weighted by atomic mass is 16.2. The average Bonchev–Trinajstić information content (AvgIpc) is 2.79. The Labute approximate surface area is 111 Å². The maximum atomic E-state index is 11.5. The third kappa shape index (κ3) is 1.53. The number of benzene rings is 1. The lowest BCUT2D eigenvalue weighted by Gasteiger charge is -2.26. The Kier molecular flexibility index (Phi) is 2.35. The number of carbonyl (C=O) groups is 1. The number of hydrogen-bond acceptors (Lipinski definition) is 2. The van der Waals surface area contributed by atoms with Gasteiger partial charge in [-0.1, -0.05) is 31.4 Å². The molecule has 96 valence electrons. The summed E-state index contributed by atoms with van der Waals surface area (Å²) in [5.74, 6) is 0.351. The normalized spacial score (nSPS) is 21.9. The molecule has 2 aliphatic heterocycles. The van der Waals surface area contributed by atoms with Gasteiger partial charge in [0, 0.05) is 22.5 Å². The second-order valence-electron chi connectivity index (χ2n) is 4.96. The van der Waals surface area contributed by atoms with Crippen molar-refractivity contribution in [3.8, 4) is 0 Å². The lowest BCUT2D eigenvalue weighted by Crippen LogP contribution is -2.34. The van der Waals surface area contributed by atoms with E-state index < -0.39 is 0 Å². The van der Waals surface area contributed by atoms with Gasteiger partial charge in [-0.25, -0.2) is 0 Å². The van der Waals surface area contributed by atoms with E-state index in [9.17, 15) is 4.79 Å². The molecular formula is C15H15N3O. The van der Waals surface area contributed by atoms with Crippen LogP contribution < -0.4 is 5.32 Å². The van der Waals surface area contributed by atoms with Gasteiger partial charge in [-0.15, -0.1) is 0 Å². The zero-order valence-electron chi connectivity index (χ0n) is 10.8. The van der Waals surface area contributed by atoms with Crippen LogP contribution in [0.25, 0.3) is 5.70 Å². The molecule has 3 rings (SSSR count). The minimum Gasteiger partial charge on any atom is -0.328 e. The van der Waals surface area contributed by atoms with E-state index in [-0.39, 0.29) is 11.9 Å². The van der Waals surface area contributed by atoms with Crippen molar-refractivity contribution in [1.82, 2.24) is 10.2 Å². The molecule has 0 saturated carbocycles. The molecule has 0 aliphatic carbocycles. The van der Waals surface area contributed by atoms with E-state index in [2.05, 4.69) is 18.5 Å². The maximum absolute atomic E-state index is 11.5. The van der Waals surface area contributed by atoms with E-state index in [0.717, 1.165) is 22.4 Å². The van der Waals surface area contributed by atoms with Crippen molar-refractivity contribution in [3.63, 3.8) is 0 Å². The first-order valence-electron chi connectivity index (χ1n) is 6.16. The van der Waals surface area contributed by atoms with Crippen LogP contribution in [0.5, 0.6) is 0 Å². The summed E-state index contributed by atoms with van der Waals surface area (Å²) in [5.41, 5.74) is 4.33. The largest absolute Gasteiger partial charge is 0.328 e. The highest BCUT2D eigenvalue weighted by molar-refractivity contribution is 6.12. The van der Waals surface area contributed by atoms with Crippen LogP contribution in [-0.4, -0.2) is 22.7 Å². The molecule has 4 nitrogen and oxygen atoms in total. The van der Waals surface area contributed by atoms with Crippen LogP contribution in [0, 0.1) is 12.3 Å². The number of nitrogens with one attached hydrogen (secondary N) is 2. The second kappa shape index (κ2) is 3.82. The third-order valence-electron chi connectivity index (χ3n) is 3.74. The number of amides is 1. The topological polar surface area (TPSA) is 56.2 Å². The maximum Gasteiger partial charge on any atom is 0.226 e. The van der Waals surface area contributed by atoms with Gasteiger partial charge in [-0.05, 0) is 12.5 Å². The van der Waals surface area contributed by atoms with Crippen molar-refractivity contribution in [3.05, 3.63) is 53.7 Å². The van der Waals surface area contributed by atoms with E-state index in [4.69, 9.17) is 5.41 Å². The lowest BCUT2D eigenvalue weighted by molar-refractivity contribution is -0.119. The van der Waals surface area contributed by atoms with Gasteiger partial charge in [-0.2, -0.15) is 0 Å². The number of fused-ring (bicyclic) bond motifs is 1. The minimum atomic E-state index is -0.209. The molecule has 1 amide bonds. The Morgan fingerprint density at radius 3 is 2.74 bits per heavy atom. The van der Waals surface area contributed by atoms with E-state index in [0.29, 0.717) is 18.0 Å². The summed E-state index contributed by atoms with van der Waals surface area (Å²) in [6, 6.07) is 5.70. The molecule has 19 heavy (non-hydrogen) atoms. The Hall–Kier alpha value is -2.36. The van der Waals surface area contributed by atoms with Crippen molar-refractivity contribution in [2.45, 2.75) is 19.4 Å². The number of amidine groups is 1. The number of rotatable bonds is 1. The van der Waals surface area contributed by atoms with Crippen LogP contribution in [0.4, 0.5) is 0 Å². The fraction of sp³-hybridized carbons (Fsp3) is 0.200. The second-order valence-corrected chi connectivity index (χ2v) is 4.96. The highest BCUT2D eigenvalue weighted by Gasteiger charge is 2.39. The Morgan fingerprint density at radius 1 is 1.42 bits per heavy atom. The van der Waals surface area contributed by atoms with E-state index in [1.165, 1.54) is 0 Å². The minimum absolute atomic E-state index is 0.0525. The summed E-state index contributed by atoms with van der Waals surface area (Å²) < 4.78 is 0. The molecule has 1 unspecified atom stereocenters. The Morgan fingerprint density at radius 2 is 2.16 bits per heavy atom. The SMILES string of the molecule is C=C1NC(=O)CC1N1C(=C)c2cccc(C)c2C1=N. The average molecular weight is 253 g/mol. The smallest absolute Gasteiger partial charge is 0.226 e. The Balaban J connectivity index is 2.06. The summed E-state index contributed by atoms with van der Waals surface area (Å²) in [5, 5.41) is 11.1. The molecule has 1 saturated heterocycles. The van der Waals surface area contributed by atoms with Crippen molar-refractivity contribution >= 4 is 17.4 Å². The van der Waals surface area contributed by atoms with Crippen molar-refractivity contribution < 1.29 is 4.79 Å². The highest BCUT2D eigenvalue weighted by Crippen LogP contribution is 2.37. The predicted octanol–water partition coefficient (Wildman–Crippen LogP) is 2.01. The summed E-state index contributed by atoms with van der Waals surface area (Å²) in [7, 11) is 0. The van der Waals surface area contributed by atoms with Gasteiger partial charge in [0.05, 0.1) is 12.5 Å². The molecular weight excluding hydrogens is 238 g/mol. The molecule has 1 aromatic rings. The van der Waals surface area contributed by atoms with Gasteiger partial charge >= 0.3 is 0 Å². The van der Waals surface area contributed by atoms with Crippen LogP contribution in [0.2, 0.25) is 0 Å². The molecule has 0 radical (unpaired) electrons. The fourth-order valence-electron chi connectivity index (χ4n) is 2.81. The van der Waals surface area contributed by atoms with Gasteiger partial charge in [0.1, 0.15) is 5.84 Å². The van der Waals surface area contributed by atoms with Crippen LogP contribution in [-0.2, 0) is 4.79 Å². The van der Waals surface area contributed by atoms with Crippen LogP contribution in [0.15, 0.2) is 37.1 Å². The number of aryl methyl sites for hydroxylation is 1. The lowest BCUT2D eigenvalue weighted by atomic mass is 10.0. The van der Waals surface area contributed by atoms with Gasteiger partial charge in [-0.3, -0.25) is 10.2 Å². The first-order chi connectivity index (χ1) is 9.00. The first kappa shape index (κ1) is 11.7. The molecule has 1 aromatic carbocycles. The molecule has 1 atom stereocenters. The molecule has 0 aromatic heterocycles. The molecule has 0 spiro atoms. The van der Waals surface area contributed by atoms with Crippen LogP contribution >= 0.6 is 0 Å². The van der Waals surface area contributed by atoms with Gasteiger partial charge < -0.3 is 10.2 Å². The van der Waals surface area contributed by atoms with Crippen molar-refractivity contribution in [1.29, 1.82) is 5.41 Å². The van der Waals surface area contributed by atoms with E-state index in [1.807, 2.05) is 25.1 Å². The quantitative estimate of drug-likeness (QED) is 0.804. The molecule has 0 bridgehead atoms. The third-order valence-corrected chi connectivity index (χ3v) is 3.74. The molecule has 2 heterocycles. The molecule has 2 N–H and O–H groups in total. The summed E-state index contributed by atoms with van der Waals surface area (Å²) in [4.78, 5) is 13.3. The van der Waals surface area contributed by atoms with Crippen molar-refractivity contribution in [2.75, 3.05) is 0 Å². The fourth-order valence-corrected chi connectivity index (χ4v) is 2.81. The Bertz CT molecular complexity index is 645. The zero-order valence-corrected chi connectivity index (χ0v) is 10.8. The van der Waals surface area contributed by atoms with E-state index >= 15 is 0 Å². The van der Waals surface area contributed by atoms with Crippen molar-refractivity contribution in [2.24, 2.45) is 0 Å². The van der Waals surface area contributed by atoms with Gasteiger partial charge in [0.15, 0.2) is 0 Å². The molecule has 4 heteroatoms. The zero-order chi connectivity index (χ0) is 13.7. The monoisotopic (exact) mass is 253 g/mol. The summed E-state index contributed by atoms with van der Waals surface area (Å²) in [6.07, 6.45) is 0.327. The molecule has 2 aliphatic rings. The van der Waals surface area contributed by atoms with Gasteiger partial charge in [0.2, 0.25) is 5.91 Å². The standard InChI is InChI=1S/C15H15N3O/c1-8-5-4-6-11-10(3)18(15(16)14(8)11)12-7-13(19)17-9(12)2/h4-6,12,16H,2-3,7H2,1H3,(H,17,19).